The lowest BCUT2D eigenvalue weighted by atomic mass is 10.00. The first-order valence-corrected chi connectivity index (χ1v) is 6.71. The molecule has 0 aromatic heterocycles. The van der Waals surface area contributed by atoms with Crippen LogP contribution in [-0.4, -0.2) is 18.1 Å². The highest BCUT2D eigenvalue weighted by atomic mass is 32.2. The summed E-state index contributed by atoms with van der Waals surface area (Å²) in [5, 5.41) is 9.80. The van der Waals surface area contributed by atoms with Crippen LogP contribution >= 0.6 is 0 Å². The van der Waals surface area contributed by atoms with E-state index in [1.165, 1.54) is 12.1 Å². The molecule has 0 amide bonds. The molecule has 94 valence electrons. The quantitative estimate of drug-likeness (QED) is 0.818. The lowest BCUT2D eigenvalue weighted by Gasteiger charge is -2.12. The normalized spacial score (nSPS) is 11.4. The van der Waals surface area contributed by atoms with Crippen LogP contribution in [0.4, 0.5) is 0 Å². The summed E-state index contributed by atoms with van der Waals surface area (Å²) in [6, 6.07) is 11.0. The van der Waals surface area contributed by atoms with Gasteiger partial charge in [0.1, 0.15) is 10.6 Å². The van der Waals surface area contributed by atoms with E-state index in [-0.39, 0.29) is 10.6 Å². The van der Waals surface area contributed by atoms with Gasteiger partial charge in [-0.3, -0.25) is 4.55 Å². The Morgan fingerprint density at radius 2 is 1.67 bits per heavy atom. The fourth-order valence-electron chi connectivity index (χ4n) is 1.89. The zero-order chi connectivity index (χ0) is 13.3. The second-order valence-corrected chi connectivity index (χ2v) is 5.33. The summed E-state index contributed by atoms with van der Waals surface area (Å²) in [5.41, 5.74) is 1.35. The van der Waals surface area contributed by atoms with Crippen LogP contribution in [0.5, 0.6) is 5.75 Å². The first-order chi connectivity index (χ1) is 8.41. The maximum absolute atomic E-state index is 11.4. The van der Waals surface area contributed by atoms with Crippen LogP contribution in [0.1, 0.15) is 5.56 Å². The summed E-state index contributed by atoms with van der Waals surface area (Å²) < 4.78 is 32.0. The van der Waals surface area contributed by atoms with Gasteiger partial charge in [-0.25, -0.2) is 0 Å². The van der Waals surface area contributed by atoms with Crippen molar-refractivity contribution in [1.29, 1.82) is 0 Å². The van der Waals surface area contributed by atoms with Gasteiger partial charge in [-0.05, 0) is 24.6 Å². The van der Waals surface area contributed by atoms with Crippen LogP contribution in [0.3, 0.4) is 0 Å². The fraction of sp³-hybridized carbons (Fsp3) is 0.0769. The van der Waals surface area contributed by atoms with Gasteiger partial charge >= 0.3 is 0 Å². The molecule has 0 saturated carbocycles. The molecule has 0 spiro atoms. The number of phenolic OH excluding ortho intramolecular Hbond substituents is 1. The molecule has 18 heavy (non-hydrogen) atoms. The number of aryl methyl sites for hydroxylation is 1. The number of phenols is 1. The summed E-state index contributed by atoms with van der Waals surface area (Å²) in [4.78, 5) is -0.205. The molecule has 0 aliphatic carbocycles. The van der Waals surface area contributed by atoms with Crippen molar-refractivity contribution in [3.05, 3.63) is 48.0 Å². The molecule has 0 radical (unpaired) electrons. The SMILES string of the molecule is Cc1cccc(S(=O)(=O)O)c1-c1ccccc1O. The monoisotopic (exact) mass is 264 g/mol. The minimum absolute atomic E-state index is 0.0308. The van der Waals surface area contributed by atoms with E-state index in [4.69, 9.17) is 0 Å². The van der Waals surface area contributed by atoms with E-state index >= 15 is 0 Å². The Labute approximate surface area is 105 Å². The molecule has 0 fully saturated rings. The molecule has 0 aliphatic heterocycles. The third-order valence-electron chi connectivity index (χ3n) is 2.69. The number of aromatic hydroxyl groups is 1. The van der Waals surface area contributed by atoms with Crippen LogP contribution in [0.2, 0.25) is 0 Å². The van der Waals surface area contributed by atoms with Crippen molar-refractivity contribution in [2.24, 2.45) is 0 Å². The number of hydrogen-bond donors (Lipinski definition) is 2. The van der Waals surface area contributed by atoms with Gasteiger partial charge in [0, 0.05) is 11.1 Å². The molecule has 0 atom stereocenters. The summed E-state index contributed by atoms with van der Waals surface area (Å²) in [6.07, 6.45) is 0. The van der Waals surface area contributed by atoms with Crippen LogP contribution in [0.25, 0.3) is 11.1 Å². The van der Waals surface area contributed by atoms with Crippen LogP contribution in [0.15, 0.2) is 47.4 Å². The molecule has 0 unspecified atom stereocenters. The van der Waals surface area contributed by atoms with Gasteiger partial charge in [0.25, 0.3) is 10.1 Å². The molecule has 2 N–H and O–H groups in total. The van der Waals surface area contributed by atoms with Gasteiger partial charge in [-0.15, -0.1) is 0 Å². The second-order valence-electron chi connectivity index (χ2n) is 3.94. The second kappa shape index (κ2) is 4.44. The summed E-state index contributed by atoms with van der Waals surface area (Å²) >= 11 is 0. The van der Waals surface area contributed by atoms with Gasteiger partial charge in [-0.2, -0.15) is 8.42 Å². The maximum Gasteiger partial charge on any atom is 0.295 e. The molecule has 5 heteroatoms. The van der Waals surface area contributed by atoms with E-state index in [9.17, 15) is 18.1 Å². The van der Waals surface area contributed by atoms with Crippen LogP contribution < -0.4 is 0 Å². The van der Waals surface area contributed by atoms with E-state index in [1.807, 2.05) is 0 Å². The van der Waals surface area contributed by atoms with Crippen LogP contribution in [0, 0.1) is 6.92 Å². The first kappa shape index (κ1) is 12.6. The molecule has 0 bridgehead atoms. The fourth-order valence-corrected chi connectivity index (χ4v) is 2.67. The molecule has 2 aromatic rings. The van der Waals surface area contributed by atoms with Gasteiger partial charge < -0.3 is 5.11 Å². The number of hydrogen-bond acceptors (Lipinski definition) is 3. The van der Waals surface area contributed by atoms with Crippen molar-refractivity contribution in [2.45, 2.75) is 11.8 Å². The Bertz CT molecular complexity index is 690. The first-order valence-electron chi connectivity index (χ1n) is 5.27. The molecule has 0 aliphatic rings. The summed E-state index contributed by atoms with van der Waals surface area (Å²) in [6.45, 7) is 1.72. The Kier molecular flexibility index (Phi) is 3.11. The maximum atomic E-state index is 11.4. The molecular formula is C13H12O4S. The average molecular weight is 264 g/mol. The zero-order valence-corrected chi connectivity index (χ0v) is 10.5. The third kappa shape index (κ3) is 2.23. The van der Waals surface area contributed by atoms with Crippen molar-refractivity contribution >= 4 is 10.1 Å². The Morgan fingerprint density at radius 3 is 2.28 bits per heavy atom. The highest BCUT2D eigenvalue weighted by molar-refractivity contribution is 7.86. The van der Waals surface area contributed by atoms with Crippen molar-refractivity contribution in [3.8, 4) is 16.9 Å². The van der Waals surface area contributed by atoms with Crippen molar-refractivity contribution in [2.75, 3.05) is 0 Å². The molecule has 4 nitrogen and oxygen atoms in total. The Balaban J connectivity index is 2.84. The third-order valence-corrected chi connectivity index (χ3v) is 3.58. The van der Waals surface area contributed by atoms with Gasteiger partial charge in [0.2, 0.25) is 0 Å². The van der Waals surface area contributed by atoms with E-state index in [0.29, 0.717) is 16.7 Å². The molecule has 2 aromatic carbocycles. The molecule has 2 rings (SSSR count). The van der Waals surface area contributed by atoms with Crippen molar-refractivity contribution < 1.29 is 18.1 Å². The predicted molar refractivity (Wildman–Crippen MR) is 68.1 cm³/mol. The van der Waals surface area contributed by atoms with Crippen molar-refractivity contribution in [1.82, 2.24) is 0 Å². The van der Waals surface area contributed by atoms with Gasteiger partial charge in [-0.1, -0.05) is 30.3 Å². The van der Waals surface area contributed by atoms with Crippen molar-refractivity contribution in [3.63, 3.8) is 0 Å². The zero-order valence-electron chi connectivity index (χ0n) is 9.66. The topological polar surface area (TPSA) is 74.6 Å². The average Bonchev–Trinajstić information content (AvgIpc) is 2.29. The largest absolute Gasteiger partial charge is 0.507 e. The van der Waals surface area contributed by atoms with Gasteiger partial charge in [0.15, 0.2) is 0 Å². The van der Waals surface area contributed by atoms with E-state index in [2.05, 4.69) is 0 Å². The van der Waals surface area contributed by atoms with E-state index in [1.54, 1.807) is 37.3 Å². The Morgan fingerprint density at radius 1 is 1.00 bits per heavy atom. The molecule has 0 heterocycles. The highest BCUT2D eigenvalue weighted by Gasteiger charge is 2.19. The predicted octanol–water partition coefficient (Wildman–Crippen LogP) is 2.61. The van der Waals surface area contributed by atoms with E-state index < -0.39 is 10.1 Å². The number of benzene rings is 2. The Hall–Kier alpha value is -1.85. The summed E-state index contributed by atoms with van der Waals surface area (Å²) in [7, 11) is -4.33. The highest BCUT2D eigenvalue weighted by Crippen LogP contribution is 2.35. The smallest absolute Gasteiger partial charge is 0.295 e. The summed E-state index contributed by atoms with van der Waals surface area (Å²) in [5.74, 6) is -0.0308. The molecule has 0 saturated heterocycles. The number of rotatable bonds is 2. The van der Waals surface area contributed by atoms with Gasteiger partial charge in [0.05, 0.1) is 0 Å². The lowest BCUT2D eigenvalue weighted by Crippen LogP contribution is -2.02. The standard InChI is InChI=1S/C13H12O4S/c1-9-5-4-8-12(18(15,16)17)13(9)10-6-2-3-7-11(10)14/h2-8,14H,1H3,(H,15,16,17). The molecular weight excluding hydrogens is 252 g/mol. The van der Waals surface area contributed by atoms with E-state index in [0.717, 1.165) is 0 Å². The minimum Gasteiger partial charge on any atom is -0.507 e. The number of para-hydroxylation sites is 1. The minimum atomic E-state index is -4.33. The van der Waals surface area contributed by atoms with Crippen LogP contribution in [-0.2, 0) is 10.1 Å². The lowest BCUT2D eigenvalue weighted by molar-refractivity contribution is 0.476.